The van der Waals surface area contributed by atoms with Crippen LogP contribution in [0.1, 0.15) is 24.5 Å². The Kier molecular flexibility index (Phi) is 8.42. The van der Waals surface area contributed by atoms with E-state index in [1.165, 1.54) is 4.31 Å². The molecule has 6 heteroatoms. The first kappa shape index (κ1) is 20.6. The summed E-state index contributed by atoms with van der Waals surface area (Å²) >= 11 is 0. The number of sulfonamides is 1. The van der Waals surface area contributed by atoms with E-state index < -0.39 is 10.0 Å². The molecule has 0 amide bonds. The second kappa shape index (κ2) is 9.79. The van der Waals surface area contributed by atoms with Crippen molar-refractivity contribution in [1.82, 2.24) is 4.31 Å². The third-order valence-corrected chi connectivity index (χ3v) is 5.73. The second-order valence-electron chi connectivity index (χ2n) is 5.43. The van der Waals surface area contributed by atoms with Crippen LogP contribution in [0.2, 0.25) is 0 Å². The van der Waals surface area contributed by atoms with Gasteiger partial charge in [-0.05, 0) is 36.6 Å². The highest BCUT2D eigenvalue weighted by Gasteiger charge is 2.26. The van der Waals surface area contributed by atoms with E-state index in [-0.39, 0.29) is 12.4 Å². The number of nitrogens with two attached hydrogens (primary N) is 1. The second-order valence-corrected chi connectivity index (χ2v) is 7.33. The van der Waals surface area contributed by atoms with Gasteiger partial charge in [0.05, 0.1) is 4.90 Å². The van der Waals surface area contributed by atoms with Gasteiger partial charge in [0.25, 0.3) is 0 Å². The predicted octanol–water partition coefficient (Wildman–Crippen LogP) is 3.21. The van der Waals surface area contributed by atoms with Crippen LogP contribution < -0.4 is 5.73 Å². The molecule has 2 aromatic carbocycles. The van der Waals surface area contributed by atoms with Gasteiger partial charge in [-0.3, -0.25) is 0 Å². The highest BCUT2D eigenvalue weighted by molar-refractivity contribution is 7.89. The van der Waals surface area contributed by atoms with Gasteiger partial charge >= 0.3 is 0 Å². The molecule has 0 heterocycles. The molecule has 2 rings (SSSR count). The first-order valence-corrected chi connectivity index (χ1v) is 9.35. The molecule has 0 radical (unpaired) electrons. The zero-order valence-electron chi connectivity index (χ0n) is 13.9. The van der Waals surface area contributed by atoms with E-state index in [4.69, 9.17) is 5.73 Å². The van der Waals surface area contributed by atoms with Crippen molar-refractivity contribution < 1.29 is 8.42 Å². The van der Waals surface area contributed by atoms with Crippen molar-refractivity contribution in [3.05, 3.63) is 65.7 Å². The molecule has 0 atom stereocenters. The molecule has 132 valence electrons. The minimum Gasteiger partial charge on any atom is -0.330 e. The van der Waals surface area contributed by atoms with E-state index in [1.54, 1.807) is 12.1 Å². The molecule has 4 nitrogen and oxygen atoms in total. The summed E-state index contributed by atoms with van der Waals surface area (Å²) in [5, 5.41) is 0. The topological polar surface area (TPSA) is 63.4 Å². The summed E-state index contributed by atoms with van der Waals surface area (Å²) in [7, 11) is -3.54. The van der Waals surface area contributed by atoms with Gasteiger partial charge in [-0.25, -0.2) is 8.42 Å². The summed E-state index contributed by atoms with van der Waals surface area (Å²) in [5.41, 5.74) is 7.41. The lowest BCUT2D eigenvalue weighted by Crippen LogP contribution is -2.33. The molecule has 24 heavy (non-hydrogen) atoms. The fourth-order valence-corrected chi connectivity index (χ4v) is 4.29. The van der Waals surface area contributed by atoms with Gasteiger partial charge in [0, 0.05) is 13.1 Å². The van der Waals surface area contributed by atoms with Gasteiger partial charge in [0.2, 0.25) is 10.0 Å². The molecular weight excluding hydrogens is 344 g/mol. The Morgan fingerprint density at radius 3 is 2.25 bits per heavy atom. The normalized spacial score (nSPS) is 11.3. The molecule has 0 unspecified atom stereocenters. The summed E-state index contributed by atoms with van der Waals surface area (Å²) in [6.07, 6.45) is 1.33. The van der Waals surface area contributed by atoms with Crippen molar-refractivity contribution in [3.63, 3.8) is 0 Å². The van der Waals surface area contributed by atoms with Crippen LogP contribution in [-0.2, 0) is 23.0 Å². The van der Waals surface area contributed by atoms with Crippen molar-refractivity contribution >= 4 is 22.4 Å². The largest absolute Gasteiger partial charge is 0.330 e. The van der Waals surface area contributed by atoms with Crippen LogP contribution in [0.4, 0.5) is 0 Å². The molecule has 0 aliphatic rings. The van der Waals surface area contributed by atoms with Crippen LogP contribution in [0.3, 0.4) is 0 Å². The molecule has 2 N–H and O–H groups in total. The minimum absolute atomic E-state index is 0. The zero-order chi connectivity index (χ0) is 16.7. The Morgan fingerprint density at radius 2 is 1.62 bits per heavy atom. The fraction of sp³-hybridized carbons (Fsp3) is 0.333. The number of aryl methyl sites for hydroxylation is 1. The number of hydrogen-bond donors (Lipinski definition) is 1. The Bertz CT molecular complexity index is 721. The van der Waals surface area contributed by atoms with E-state index in [0.29, 0.717) is 37.4 Å². The van der Waals surface area contributed by atoms with E-state index >= 15 is 0 Å². The van der Waals surface area contributed by atoms with Crippen molar-refractivity contribution in [2.45, 2.75) is 31.2 Å². The van der Waals surface area contributed by atoms with E-state index in [9.17, 15) is 8.42 Å². The van der Waals surface area contributed by atoms with Gasteiger partial charge in [-0.1, -0.05) is 55.5 Å². The van der Waals surface area contributed by atoms with Gasteiger partial charge in [-0.15, -0.1) is 12.4 Å². The standard InChI is InChI=1S/C18H24N2O2S.ClH/c1-2-17-11-6-7-12-18(17)23(21,22)20(14-8-13-19)15-16-9-4-3-5-10-16;/h3-7,9-12H,2,8,13-15,19H2,1H3;1H. The Labute approximate surface area is 151 Å². The molecule has 0 spiro atoms. The molecular formula is C18H25ClN2O2S. The van der Waals surface area contributed by atoms with Crippen molar-refractivity contribution in [2.24, 2.45) is 5.73 Å². The van der Waals surface area contributed by atoms with Crippen LogP contribution in [-0.4, -0.2) is 25.8 Å². The molecule has 2 aromatic rings. The molecule has 0 saturated heterocycles. The average Bonchev–Trinajstić information content (AvgIpc) is 2.59. The zero-order valence-corrected chi connectivity index (χ0v) is 15.5. The maximum atomic E-state index is 13.1. The molecule has 0 aliphatic carbocycles. The molecule has 0 bridgehead atoms. The first-order chi connectivity index (χ1) is 11.1. The van der Waals surface area contributed by atoms with Crippen molar-refractivity contribution in [1.29, 1.82) is 0 Å². The number of rotatable bonds is 8. The van der Waals surface area contributed by atoms with Crippen molar-refractivity contribution in [3.8, 4) is 0 Å². The fourth-order valence-electron chi connectivity index (χ4n) is 2.53. The van der Waals surface area contributed by atoms with Gasteiger partial charge in [0.15, 0.2) is 0 Å². The number of nitrogens with zero attached hydrogens (tertiary/aromatic N) is 1. The van der Waals surface area contributed by atoms with Crippen LogP contribution in [0, 0.1) is 0 Å². The van der Waals surface area contributed by atoms with Crippen molar-refractivity contribution in [2.75, 3.05) is 13.1 Å². The number of hydrogen-bond acceptors (Lipinski definition) is 3. The summed E-state index contributed by atoms with van der Waals surface area (Å²) in [6, 6.07) is 16.9. The lowest BCUT2D eigenvalue weighted by molar-refractivity contribution is 0.401. The van der Waals surface area contributed by atoms with E-state index in [2.05, 4.69) is 0 Å². The lowest BCUT2D eigenvalue weighted by atomic mass is 10.2. The minimum atomic E-state index is -3.54. The lowest BCUT2D eigenvalue weighted by Gasteiger charge is -2.23. The smallest absolute Gasteiger partial charge is 0.243 e. The highest BCUT2D eigenvalue weighted by atomic mass is 35.5. The summed E-state index contributed by atoms with van der Waals surface area (Å²) in [4.78, 5) is 0.399. The molecule has 0 saturated carbocycles. The molecule has 0 aromatic heterocycles. The molecule has 0 aliphatic heterocycles. The van der Waals surface area contributed by atoms with Crippen LogP contribution in [0.25, 0.3) is 0 Å². The number of benzene rings is 2. The number of halogens is 1. The van der Waals surface area contributed by atoms with Crippen LogP contribution in [0.5, 0.6) is 0 Å². The summed E-state index contributed by atoms with van der Waals surface area (Å²) in [6.45, 7) is 3.22. The van der Waals surface area contributed by atoms with Crippen LogP contribution in [0.15, 0.2) is 59.5 Å². The highest BCUT2D eigenvalue weighted by Crippen LogP contribution is 2.22. The van der Waals surface area contributed by atoms with Crippen LogP contribution >= 0.6 is 12.4 Å². The third-order valence-electron chi connectivity index (χ3n) is 3.78. The third kappa shape index (κ3) is 5.05. The first-order valence-electron chi connectivity index (χ1n) is 7.91. The summed E-state index contributed by atoms with van der Waals surface area (Å²) < 4.78 is 27.7. The van der Waals surface area contributed by atoms with E-state index in [1.807, 2.05) is 49.4 Å². The Balaban J connectivity index is 0.00000288. The summed E-state index contributed by atoms with van der Waals surface area (Å²) in [5.74, 6) is 0. The maximum Gasteiger partial charge on any atom is 0.243 e. The van der Waals surface area contributed by atoms with Gasteiger partial charge < -0.3 is 5.73 Å². The SMILES string of the molecule is CCc1ccccc1S(=O)(=O)N(CCCN)Cc1ccccc1.Cl. The predicted molar refractivity (Wildman–Crippen MR) is 101 cm³/mol. The van der Waals surface area contributed by atoms with Gasteiger partial charge in [0.1, 0.15) is 0 Å². The Morgan fingerprint density at radius 1 is 1.00 bits per heavy atom. The molecule has 0 fully saturated rings. The average molecular weight is 369 g/mol. The van der Waals surface area contributed by atoms with Gasteiger partial charge in [-0.2, -0.15) is 4.31 Å². The monoisotopic (exact) mass is 368 g/mol. The quantitative estimate of drug-likeness (QED) is 0.778. The van der Waals surface area contributed by atoms with E-state index in [0.717, 1.165) is 11.1 Å². The maximum absolute atomic E-state index is 13.1. The Hall–Kier alpha value is -1.40.